The van der Waals surface area contributed by atoms with Gasteiger partial charge in [-0.15, -0.1) is 0 Å². The maximum atomic E-state index is 12.6. The number of ether oxygens (including phenoxy) is 1. The molecule has 0 unspecified atom stereocenters. The molecule has 0 radical (unpaired) electrons. The highest BCUT2D eigenvalue weighted by Crippen LogP contribution is 2.57. The van der Waals surface area contributed by atoms with E-state index in [2.05, 4.69) is 24.6 Å². The molecule has 1 aromatic rings. The van der Waals surface area contributed by atoms with Crippen molar-refractivity contribution in [3.05, 3.63) is 17.8 Å². The highest BCUT2D eigenvalue weighted by Gasteiger charge is 2.60. The molecule has 1 N–H and O–H groups in total. The fourth-order valence-corrected chi connectivity index (χ4v) is 3.50. The molecule has 5 nitrogen and oxygen atoms in total. The second kappa shape index (κ2) is 4.81. The molecule has 1 saturated carbocycles. The quantitative estimate of drug-likeness (QED) is 0.670. The molecule has 0 bridgehead atoms. The van der Waals surface area contributed by atoms with Crippen molar-refractivity contribution in [2.45, 2.75) is 43.9 Å². The predicted octanol–water partition coefficient (Wildman–Crippen LogP) is 2.48. The Morgan fingerprint density at radius 3 is 2.76 bits per heavy atom. The average Bonchev–Trinajstić information content (AvgIpc) is 3.15. The van der Waals surface area contributed by atoms with Crippen LogP contribution in [0.2, 0.25) is 25.7 Å². The molecule has 3 rings (SSSR count). The molecular weight excluding hydrogens is 284 g/mol. The number of rotatable bonds is 5. The van der Waals surface area contributed by atoms with Crippen LogP contribution in [0.4, 0.5) is 5.82 Å². The lowest BCUT2D eigenvalue weighted by molar-refractivity contribution is -0.121. The van der Waals surface area contributed by atoms with Gasteiger partial charge < -0.3 is 9.84 Å². The van der Waals surface area contributed by atoms with Crippen molar-refractivity contribution in [3.8, 4) is 5.75 Å². The summed E-state index contributed by atoms with van der Waals surface area (Å²) in [6, 6.07) is 2.76. The van der Waals surface area contributed by atoms with E-state index in [1.165, 1.54) is 6.20 Å². The van der Waals surface area contributed by atoms with Crippen LogP contribution in [-0.2, 0) is 14.9 Å². The molecule has 1 aliphatic heterocycles. The maximum absolute atomic E-state index is 12.6. The Hall–Kier alpha value is -1.40. The lowest BCUT2D eigenvalue weighted by Gasteiger charge is -2.19. The highest BCUT2D eigenvalue weighted by molar-refractivity contribution is 6.76. The number of anilines is 1. The van der Waals surface area contributed by atoms with Gasteiger partial charge in [0.2, 0.25) is 5.91 Å². The SMILES string of the molecule is C[Si](C)(C)CCOCN1C(=O)C2(CC2)c2cc(O)cnc21. The van der Waals surface area contributed by atoms with Crippen LogP contribution < -0.4 is 4.90 Å². The van der Waals surface area contributed by atoms with Crippen LogP contribution in [0.5, 0.6) is 5.75 Å². The number of aromatic nitrogens is 1. The van der Waals surface area contributed by atoms with Gasteiger partial charge in [0.05, 0.1) is 11.6 Å². The molecule has 0 atom stereocenters. The van der Waals surface area contributed by atoms with E-state index in [4.69, 9.17) is 4.74 Å². The van der Waals surface area contributed by atoms with Gasteiger partial charge in [0, 0.05) is 20.2 Å². The van der Waals surface area contributed by atoms with E-state index in [0.29, 0.717) is 12.4 Å². The van der Waals surface area contributed by atoms with E-state index in [1.807, 2.05) is 0 Å². The Morgan fingerprint density at radius 1 is 1.43 bits per heavy atom. The Kier molecular flexibility index (Phi) is 3.33. The summed E-state index contributed by atoms with van der Waals surface area (Å²) < 4.78 is 5.71. The monoisotopic (exact) mass is 306 g/mol. The lowest BCUT2D eigenvalue weighted by Crippen LogP contribution is -2.35. The third-order valence-corrected chi connectivity index (χ3v) is 5.95. The normalized spacial score (nSPS) is 19.2. The Labute approximate surface area is 125 Å². The zero-order valence-electron chi connectivity index (χ0n) is 12.8. The van der Waals surface area contributed by atoms with E-state index >= 15 is 0 Å². The number of aromatic hydroxyl groups is 1. The molecule has 1 spiro atoms. The van der Waals surface area contributed by atoms with E-state index in [-0.39, 0.29) is 18.4 Å². The van der Waals surface area contributed by atoms with Crippen LogP contribution in [0.25, 0.3) is 0 Å². The van der Waals surface area contributed by atoms with Crippen molar-refractivity contribution in [2.75, 3.05) is 18.2 Å². The topological polar surface area (TPSA) is 62.7 Å². The molecule has 2 aliphatic rings. The standard InChI is InChI=1S/C15H22N2O3Si/c1-21(2,3)7-6-20-10-17-13-12(8-11(18)9-16-13)15(4-5-15)14(17)19/h8-9,18H,4-7,10H2,1-3H3. The lowest BCUT2D eigenvalue weighted by atomic mass is 10.00. The molecule has 2 heterocycles. The molecule has 1 fully saturated rings. The number of pyridine rings is 1. The zero-order chi connectivity index (χ0) is 15.3. The molecule has 0 aromatic carbocycles. The van der Waals surface area contributed by atoms with E-state index in [9.17, 15) is 9.90 Å². The van der Waals surface area contributed by atoms with Crippen molar-refractivity contribution in [1.29, 1.82) is 0 Å². The first-order valence-corrected chi connectivity index (χ1v) is 11.1. The first-order valence-electron chi connectivity index (χ1n) is 7.43. The third-order valence-electron chi connectivity index (χ3n) is 4.24. The van der Waals surface area contributed by atoms with Crippen molar-refractivity contribution in [3.63, 3.8) is 0 Å². The van der Waals surface area contributed by atoms with Gasteiger partial charge in [-0.1, -0.05) is 19.6 Å². The number of nitrogens with zero attached hydrogens (tertiary/aromatic N) is 2. The molecular formula is C15H22N2O3Si. The van der Waals surface area contributed by atoms with Crippen LogP contribution in [0.1, 0.15) is 18.4 Å². The summed E-state index contributed by atoms with van der Waals surface area (Å²) in [4.78, 5) is 18.5. The summed E-state index contributed by atoms with van der Waals surface area (Å²) in [6.45, 7) is 7.85. The van der Waals surface area contributed by atoms with Gasteiger partial charge in [-0.3, -0.25) is 9.69 Å². The van der Waals surface area contributed by atoms with Crippen molar-refractivity contribution >= 4 is 19.8 Å². The van der Waals surface area contributed by atoms with Crippen molar-refractivity contribution in [1.82, 2.24) is 4.98 Å². The minimum atomic E-state index is -1.12. The van der Waals surface area contributed by atoms with Gasteiger partial charge >= 0.3 is 0 Å². The van der Waals surface area contributed by atoms with Gasteiger partial charge in [0.15, 0.2) is 0 Å². The fourth-order valence-electron chi connectivity index (χ4n) is 2.75. The summed E-state index contributed by atoms with van der Waals surface area (Å²) in [5.74, 6) is 0.848. The van der Waals surface area contributed by atoms with Crippen LogP contribution in [0.15, 0.2) is 12.3 Å². The first kappa shape index (κ1) is 14.5. The first-order chi connectivity index (χ1) is 9.83. The molecule has 0 saturated heterocycles. The number of hydrogen-bond acceptors (Lipinski definition) is 4. The minimum Gasteiger partial charge on any atom is -0.506 e. The van der Waals surface area contributed by atoms with Gasteiger partial charge in [0.25, 0.3) is 0 Å². The van der Waals surface area contributed by atoms with E-state index in [0.717, 1.165) is 24.4 Å². The molecule has 6 heteroatoms. The summed E-state index contributed by atoms with van der Waals surface area (Å²) in [5.41, 5.74) is 0.435. The van der Waals surface area contributed by atoms with Crippen LogP contribution in [-0.4, -0.2) is 37.4 Å². The van der Waals surface area contributed by atoms with Crippen molar-refractivity contribution < 1.29 is 14.6 Å². The maximum Gasteiger partial charge on any atom is 0.240 e. The van der Waals surface area contributed by atoms with Crippen LogP contribution >= 0.6 is 0 Å². The van der Waals surface area contributed by atoms with Gasteiger partial charge in [-0.25, -0.2) is 4.98 Å². The van der Waals surface area contributed by atoms with Gasteiger partial charge in [-0.05, 0) is 25.0 Å². The molecule has 21 heavy (non-hydrogen) atoms. The number of hydrogen-bond donors (Lipinski definition) is 1. The van der Waals surface area contributed by atoms with E-state index in [1.54, 1.807) is 11.0 Å². The van der Waals surface area contributed by atoms with Crippen LogP contribution in [0, 0.1) is 0 Å². The minimum absolute atomic E-state index is 0.0728. The Balaban J connectivity index is 1.71. The summed E-state index contributed by atoms with van der Waals surface area (Å²) in [7, 11) is -1.12. The highest BCUT2D eigenvalue weighted by atomic mass is 28.3. The smallest absolute Gasteiger partial charge is 0.240 e. The second-order valence-corrected chi connectivity index (χ2v) is 12.8. The molecule has 1 aliphatic carbocycles. The Morgan fingerprint density at radius 2 is 2.14 bits per heavy atom. The third kappa shape index (κ3) is 2.58. The average molecular weight is 306 g/mol. The molecule has 1 amide bonds. The number of fused-ring (bicyclic) bond motifs is 2. The van der Waals surface area contributed by atoms with Gasteiger partial charge in [-0.2, -0.15) is 0 Å². The van der Waals surface area contributed by atoms with E-state index < -0.39 is 13.5 Å². The zero-order valence-corrected chi connectivity index (χ0v) is 13.8. The Bertz CT molecular complexity index is 579. The fraction of sp³-hybridized carbons (Fsp3) is 0.600. The summed E-state index contributed by atoms with van der Waals surface area (Å²) in [5, 5.41) is 9.61. The number of carbonyl (C=O) groups excluding carboxylic acids is 1. The number of amides is 1. The predicted molar refractivity (Wildman–Crippen MR) is 83.3 cm³/mol. The second-order valence-electron chi connectivity index (χ2n) is 7.23. The molecule has 114 valence electrons. The summed E-state index contributed by atoms with van der Waals surface area (Å²) >= 11 is 0. The largest absolute Gasteiger partial charge is 0.506 e. The van der Waals surface area contributed by atoms with Gasteiger partial charge in [0.1, 0.15) is 18.3 Å². The molecule has 1 aromatic heterocycles. The number of carbonyl (C=O) groups is 1. The summed E-state index contributed by atoms with van der Waals surface area (Å²) in [6.07, 6.45) is 3.08. The van der Waals surface area contributed by atoms with Crippen molar-refractivity contribution in [2.24, 2.45) is 0 Å². The van der Waals surface area contributed by atoms with Crippen LogP contribution in [0.3, 0.4) is 0 Å².